The first-order valence-corrected chi connectivity index (χ1v) is 9.72. The third-order valence-corrected chi connectivity index (χ3v) is 5.02. The number of benzene rings is 1. The minimum absolute atomic E-state index is 0.415. The van der Waals surface area contributed by atoms with Gasteiger partial charge in [-0.3, -0.25) is 9.55 Å². The highest BCUT2D eigenvalue weighted by molar-refractivity contribution is 6.30. The Morgan fingerprint density at radius 2 is 1.97 bits per heavy atom. The highest BCUT2D eigenvalue weighted by Crippen LogP contribution is 2.41. The SMILES string of the molecule is CN(Cc1noc(-c2cccc(Cl)c2)n1)c1nnc(-c2ccncc2)n1C1CC1. The van der Waals surface area contributed by atoms with E-state index in [1.165, 1.54) is 0 Å². The summed E-state index contributed by atoms with van der Waals surface area (Å²) in [5.41, 5.74) is 1.79. The van der Waals surface area contributed by atoms with Crippen LogP contribution in [0.3, 0.4) is 0 Å². The van der Waals surface area contributed by atoms with Gasteiger partial charge in [-0.2, -0.15) is 4.98 Å². The second-order valence-corrected chi connectivity index (χ2v) is 7.48. The second-order valence-electron chi connectivity index (χ2n) is 7.04. The third-order valence-electron chi connectivity index (χ3n) is 4.79. The Kier molecular flexibility index (Phi) is 4.48. The molecule has 146 valence electrons. The van der Waals surface area contributed by atoms with E-state index in [1.807, 2.05) is 36.2 Å². The van der Waals surface area contributed by atoms with Crippen LogP contribution in [0.2, 0.25) is 5.02 Å². The van der Waals surface area contributed by atoms with E-state index in [4.69, 9.17) is 16.1 Å². The first kappa shape index (κ1) is 17.8. The molecular weight excluding hydrogens is 390 g/mol. The lowest BCUT2D eigenvalue weighted by atomic mass is 10.2. The molecule has 3 aromatic heterocycles. The van der Waals surface area contributed by atoms with Gasteiger partial charge in [-0.15, -0.1) is 10.2 Å². The Balaban J connectivity index is 1.41. The van der Waals surface area contributed by atoms with Crippen LogP contribution in [0, 0.1) is 0 Å². The Bertz CT molecular complexity index is 1140. The number of hydrogen-bond acceptors (Lipinski definition) is 7. The van der Waals surface area contributed by atoms with Gasteiger partial charge in [-0.1, -0.05) is 22.8 Å². The smallest absolute Gasteiger partial charge is 0.258 e. The molecule has 4 aromatic rings. The molecule has 0 atom stereocenters. The van der Waals surface area contributed by atoms with Crippen LogP contribution in [-0.4, -0.2) is 36.9 Å². The van der Waals surface area contributed by atoms with Crippen LogP contribution in [0.4, 0.5) is 5.95 Å². The molecule has 29 heavy (non-hydrogen) atoms. The van der Waals surface area contributed by atoms with Gasteiger partial charge >= 0.3 is 0 Å². The fourth-order valence-electron chi connectivity index (χ4n) is 3.25. The van der Waals surface area contributed by atoms with Crippen LogP contribution in [0.15, 0.2) is 53.3 Å². The summed E-state index contributed by atoms with van der Waals surface area (Å²) in [4.78, 5) is 10.6. The second kappa shape index (κ2) is 7.29. The molecule has 0 radical (unpaired) electrons. The average Bonchev–Trinajstić information content (AvgIpc) is 3.30. The largest absolute Gasteiger partial charge is 0.336 e. The van der Waals surface area contributed by atoms with Crippen molar-refractivity contribution in [2.24, 2.45) is 0 Å². The van der Waals surface area contributed by atoms with Crippen LogP contribution in [0.5, 0.6) is 0 Å². The number of halogens is 1. The monoisotopic (exact) mass is 407 g/mol. The topological polar surface area (TPSA) is 85.8 Å². The van der Waals surface area contributed by atoms with E-state index in [1.54, 1.807) is 24.5 Å². The summed E-state index contributed by atoms with van der Waals surface area (Å²) in [6, 6.07) is 11.7. The van der Waals surface area contributed by atoms with Crippen molar-refractivity contribution in [1.29, 1.82) is 0 Å². The predicted octanol–water partition coefficient (Wildman–Crippen LogP) is 4.01. The van der Waals surface area contributed by atoms with Gasteiger partial charge in [0.15, 0.2) is 11.6 Å². The Hall–Kier alpha value is -3.26. The summed E-state index contributed by atoms with van der Waals surface area (Å²) in [5.74, 6) is 2.65. The van der Waals surface area contributed by atoms with E-state index in [2.05, 4.69) is 29.9 Å². The maximum Gasteiger partial charge on any atom is 0.258 e. The Labute approximate surface area is 172 Å². The normalized spacial score (nSPS) is 13.6. The van der Waals surface area contributed by atoms with E-state index in [9.17, 15) is 0 Å². The molecule has 3 heterocycles. The van der Waals surface area contributed by atoms with Gasteiger partial charge in [0, 0.05) is 41.6 Å². The van der Waals surface area contributed by atoms with Gasteiger partial charge in [0.2, 0.25) is 5.95 Å². The lowest BCUT2D eigenvalue weighted by Crippen LogP contribution is -2.21. The maximum absolute atomic E-state index is 6.05. The molecule has 1 saturated carbocycles. The summed E-state index contributed by atoms with van der Waals surface area (Å²) in [6.07, 6.45) is 5.78. The molecular formula is C20H18ClN7O. The lowest BCUT2D eigenvalue weighted by Gasteiger charge is -2.18. The minimum atomic E-state index is 0.415. The zero-order valence-electron chi connectivity index (χ0n) is 15.7. The van der Waals surface area contributed by atoms with Crippen molar-refractivity contribution in [3.05, 3.63) is 59.6 Å². The van der Waals surface area contributed by atoms with Gasteiger partial charge in [0.25, 0.3) is 5.89 Å². The number of aromatic nitrogens is 6. The summed E-state index contributed by atoms with van der Waals surface area (Å²) >= 11 is 6.05. The molecule has 0 aliphatic heterocycles. The summed E-state index contributed by atoms with van der Waals surface area (Å²) < 4.78 is 7.60. The molecule has 5 rings (SSSR count). The average molecular weight is 408 g/mol. The summed E-state index contributed by atoms with van der Waals surface area (Å²) in [5, 5.41) is 13.6. The van der Waals surface area contributed by atoms with Gasteiger partial charge < -0.3 is 9.42 Å². The van der Waals surface area contributed by atoms with E-state index in [0.29, 0.717) is 29.3 Å². The molecule has 1 aromatic carbocycles. The molecule has 0 unspecified atom stereocenters. The van der Waals surface area contributed by atoms with E-state index in [0.717, 1.165) is 35.7 Å². The number of pyridine rings is 1. The van der Waals surface area contributed by atoms with Crippen LogP contribution >= 0.6 is 11.6 Å². The van der Waals surface area contributed by atoms with E-state index in [-0.39, 0.29) is 0 Å². The fraction of sp³-hybridized carbons (Fsp3) is 0.250. The van der Waals surface area contributed by atoms with Crippen molar-refractivity contribution in [3.63, 3.8) is 0 Å². The van der Waals surface area contributed by atoms with Crippen LogP contribution in [0.25, 0.3) is 22.8 Å². The molecule has 8 nitrogen and oxygen atoms in total. The first-order valence-electron chi connectivity index (χ1n) is 9.34. The van der Waals surface area contributed by atoms with Crippen molar-refractivity contribution in [2.75, 3.05) is 11.9 Å². The van der Waals surface area contributed by atoms with Crippen LogP contribution in [-0.2, 0) is 6.54 Å². The van der Waals surface area contributed by atoms with Crippen molar-refractivity contribution < 1.29 is 4.52 Å². The maximum atomic E-state index is 6.05. The molecule has 1 aliphatic carbocycles. The highest BCUT2D eigenvalue weighted by Gasteiger charge is 2.31. The lowest BCUT2D eigenvalue weighted by molar-refractivity contribution is 0.422. The summed E-state index contributed by atoms with van der Waals surface area (Å²) in [6.45, 7) is 0.450. The van der Waals surface area contributed by atoms with Gasteiger partial charge in [0.05, 0.1) is 6.54 Å². The molecule has 0 N–H and O–H groups in total. The number of rotatable bonds is 6. The predicted molar refractivity (Wildman–Crippen MR) is 108 cm³/mol. The molecule has 0 amide bonds. The van der Waals surface area contributed by atoms with Crippen molar-refractivity contribution >= 4 is 17.5 Å². The Morgan fingerprint density at radius 3 is 2.72 bits per heavy atom. The van der Waals surface area contributed by atoms with Crippen molar-refractivity contribution in [2.45, 2.75) is 25.4 Å². The number of anilines is 1. The highest BCUT2D eigenvalue weighted by atomic mass is 35.5. The fourth-order valence-corrected chi connectivity index (χ4v) is 3.44. The summed E-state index contributed by atoms with van der Waals surface area (Å²) in [7, 11) is 1.95. The van der Waals surface area contributed by atoms with E-state index < -0.39 is 0 Å². The molecule has 0 spiro atoms. The number of hydrogen-bond donors (Lipinski definition) is 0. The van der Waals surface area contributed by atoms with Crippen molar-refractivity contribution in [3.8, 4) is 22.8 Å². The molecule has 1 aliphatic rings. The van der Waals surface area contributed by atoms with Gasteiger partial charge in [0.1, 0.15) is 0 Å². The minimum Gasteiger partial charge on any atom is -0.336 e. The standard InChI is InChI=1S/C20H18ClN7O/c1-27(12-17-23-19(29-26-17)14-3-2-4-15(21)11-14)20-25-24-18(28(20)16-5-6-16)13-7-9-22-10-8-13/h2-4,7-11,16H,5-6,12H2,1H3. The third kappa shape index (κ3) is 3.58. The zero-order valence-corrected chi connectivity index (χ0v) is 16.5. The Morgan fingerprint density at radius 1 is 1.14 bits per heavy atom. The van der Waals surface area contributed by atoms with Crippen molar-refractivity contribution in [1.82, 2.24) is 29.9 Å². The van der Waals surface area contributed by atoms with Gasteiger partial charge in [-0.25, -0.2) is 0 Å². The van der Waals surface area contributed by atoms with E-state index >= 15 is 0 Å². The number of nitrogens with zero attached hydrogens (tertiary/aromatic N) is 7. The zero-order chi connectivity index (χ0) is 19.8. The first-order chi connectivity index (χ1) is 14.2. The quantitative estimate of drug-likeness (QED) is 0.477. The van der Waals surface area contributed by atoms with Crippen LogP contribution in [0.1, 0.15) is 24.7 Å². The molecule has 1 fully saturated rings. The van der Waals surface area contributed by atoms with Crippen LogP contribution < -0.4 is 4.90 Å². The molecule has 9 heteroatoms. The molecule has 0 saturated heterocycles. The molecule has 0 bridgehead atoms. The van der Waals surface area contributed by atoms with Gasteiger partial charge in [-0.05, 0) is 43.2 Å².